The average molecular weight is 449 g/mol. The Morgan fingerprint density at radius 1 is 1.03 bits per heavy atom. The zero-order valence-electron chi connectivity index (χ0n) is 19.9. The van der Waals surface area contributed by atoms with Gasteiger partial charge in [-0.15, -0.1) is 0 Å². The number of rotatable bonds is 9. The summed E-state index contributed by atoms with van der Waals surface area (Å²) in [4.78, 5) is 31.3. The van der Waals surface area contributed by atoms with Crippen molar-refractivity contribution in [2.45, 2.75) is 39.7 Å². The van der Waals surface area contributed by atoms with Crippen LogP contribution in [0, 0.1) is 0 Å². The molecule has 174 valence electrons. The van der Waals surface area contributed by atoms with Gasteiger partial charge in [0, 0.05) is 6.54 Å². The minimum absolute atomic E-state index is 0.123. The van der Waals surface area contributed by atoms with Gasteiger partial charge in [-0.3, -0.25) is 9.59 Å². The first-order valence-corrected chi connectivity index (χ1v) is 11.8. The molecule has 0 saturated carbocycles. The number of carbonyl (C=O) groups is 1. The van der Waals surface area contributed by atoms with E-state index < -0.39 is 6.04 Å². The topological polar surface area (TPSA) is 63.0 Å². The summed E-state index contributed by atoms with van der Waals surface area (Å²) in [6.07, 6.45) is 1.65. The van der Waals surface area contributed by atoms with E-state index in [1.165, 1.54) is 0 Å². The lowest BCUT2D eigenvalue weighted by molar-refractivity contribution is 0.0720. The fourth-order valence-electron chi connectivity index (χ4n) is 4.66. The lowest BCUT2D eigenvalue weighted by Crippen LogP contribution is -2.33. The van der Waals surface area contributed by atoms with Gasteiger partial charge < -0.3 is 19.0 Å². The quantitative estimate of drug-likeness (QED) is 0.477. The van der Waals surface area contributed by atoms with E-state index >= 15 is 0 Å². The van der Waals surface area contributed by atoms with Crippen molar-refractivity contribution >= 4 is 16.9 Å². The number of carbonyl (C=O) groups excluding carboxylic acids is 1. The van der Waals surface area contributed by atoms with Crippen LogP contribution >= 0.6 is 0 Å². The van der Waals surface area contributed by atoms with Gasteiger partial charge in [0.15, 0.2) is 5.43 Å². The zero-order chi connectivity index (χ0) is 23.5. The van der Waals surface area contributed by atoms with Gasteiger partial charge >= 0.3 is 0 Å². The van der Waals surface area contributed by atoms with Crippen LogP contribution in [-0.4, -0.2) is 49.0 Å². The first-order chi connectivity index (χ1) is 16.0. The molecule has 0 N–H and O–H groups in total. The predicted molar refractivity (Wildman–Crippen MR) is 130 cm³/mol. The highest BCUT2D eigenvalue weighted by atomic mass is 16.5. The molecule has 33 heavy (non-hydrogen) atoms. The Labute approximate surface area is 194 Å². The molecule has 1 aliphatic rings. The van der Waals surface area contributed by atoms with Crippen LogP contribution in [0.15, 0.2) is 51.7 Å². The Morgan fingerprint density at radius 2 is 1.76 bits per heavy atom. The zero-order valence-corrected chi connectivity index (χ0v) is 19.9. The molecule has 1 aromatic heterocycles. The minimum Gasteiger partial charge on any atom is -0.497 e. The summed E-state index contributed by atoms with van der Waals surface area (Å²) in [6.45, 7) is 9.71. The van der Waals surface area contributed by atoms with Crippen LogP contribution in [0.25, 0.3) is 11.0 Å². The number of hydrogen-bond acceptors (Lipinski definition) is 5. The maximum atomic E-state index is 13.7. The minimum atomic E-state index is -0.471. The third-order valence-electron chi connectivity index (χ3n) is 6.64. The SMILES string of the molecule is CCc1ccc2oc3c(c(=O)c2c1)C(c1ccc(OC)cc1)N(CCCN(CC)CC)C3=O. The van der Waals surface area contributed by atoms with Gasteiger partial charge in [-0.1, -0.05) is 39.0 Å². The Morgan fingerprint density at radius 3 is 2.39 bits per heavy atom. The van der Waals surface area contributed by atoms with Crippen LogP contribution in [0.4, 0.5) is 0 Å². The number of fused-ring (bicyclic) bond motifs is 2. The Hall–Kier alpha value is -3.12. The lowest BCUT2D eigenvalue weighted by Gasteiger charge is -2.26. The molecule has 0 bridgehead atoms. The summed E-state index contributed by atoms with van der Waals surface area (Å²) >= 11 is 0. The summed E-state index contributed by atoms with van der Waals surface area (Å²) in [5.74, 6) is 0.679. The van der Waals surface area contributed by atoms with Crippen molar-refractivity contribution in [2.24, 2.45) is 0 Å². The third-order valence-corrected chi connectivity index (χ3v) is 6.64. The molecule has 0 aliphatic carbocycles. The van der Waals surface area contributed by atoms with E-state index in [4.69, 9.17) is 9.15 Å². The molecule has 0 saturated heterocycles. The highest BCUT2D eigenvalue weighted by Gasteiger charge is 2.42. The second kappa shape index (κ2) is 9.79. The van der Waals surface area contributed by atoms with Crippen LogP contribution in [0.1, 0.15) is 60.5 Å². The molecular weight excluding hydrogens is 416 g/mol. The van der Waals surface area contributed by atoms with Crippen molar-refractivity contribution in [1.82, 2.24) is 9.80 Å². The average Bonchev–Trinajstić information content (AvgIpc) is 3.13. The summed E-state index contributed by atoms with van der Waals surface area (Å²) in [5, 5.41) is 0.532. The number of aryl methyl sites for hydroxylation is 1. The van der Waals surface area contributed by atoms with E-state index in [9.17, 15) is 9.59 Å². The summed E-state index contributed by atoms with van der Waals surface area (Å²) in [7, 11) is 1.62. The van der Waals surface area contributed by atoms with Crippen molar-refractivity contribution in [3.8, 4) is 5.75 Å². The molecule has 1 amide bonds. The summed E-state index contributed by atoms with van der Waals surface area (Å²) in [6, 6.07) is 12.7. The van der Waals surface area contributed by atoms with E-state index in [1.807, 2.05) is 36.4 Å². The molecule has 6 nitrogen and oxygen atoms in total. The predicted octanol–water partition coefficient (Wildman–Crippen LogP) is 4.64. The van der Waals surface area contributed by atoms with Gasteiger partial charge in [-0.25, -0.2) is 0 Å². The second-order valence-electron chi connectivity index (χ2n) is 8.41. The van der Waals surface area contributed by atoms with Crippen LogP contribution in [-0.2, 0) is 6.42 Å². The van der Waals surface area contributed by atoms with Crippen molar-refractivity contribution in [3.63, 3.8) is 0 Å². The van der Waals surface area contributed by atoms with Crippen molar-refractivity contribution < 1.29 is 13.9 Å². The number of nitrogens with zero attached hydrogens (tertiary/aromatic N) is 2. The monoisotopic (exact) mass is 448 g/mol. The number of amides is 1. The molecule has 0 spiro atoms. The van der Waals surface area contributed by atoms with Gasteiger partial charge in [-0.05, 0) is 67.9 Å². The first kappa shape index (κ1) is 23.1. The van der Waals surface area contributed by atoms with E-state index in [1.54, 1.807) is 18.1 Å². The standard InChI is InChI=1S/C27H32N2O4/c1-5-18-9-14-22-21(17-18)25(30)23-24(19-10-12-20(32-4)13-11-19)29(27(31)26(23)33-22)16-8-15-28(6-2)7-3/h9-14,17,24H,5-8,15-16H2,1-4H3. The molecule has 0 radical (unpaired) electrons. The highest BCUT2D eigenvalue weighted by molar-refractivity contribution is 5.99. The first-order valence-electron chi connectivity index (χ1n) is 11.8. The van der Waals surface area contributed by atoms with Crippen LogP contribution < -0.4 is 10.2 Å². The van der Waals surface area contributed by atoms with E-state index in [-0.39, 0.29) is 17.1 Å². The Kier molecular flexibility index (Phi) is 6.84. The fraction of sp³-hybridized carbons (Fsp3) is 0.407. The normalized spacial score (nSPS) is 15.5. The summed E-state index contributed by atoms with van der Waals surface area (Å²) < 4.78 is 11.4. The van der Waals surface area contributed by atoms with Crippen LogP contribution in [0.5, 0.6) is 5.75 Å². The number of ether oxygens (including phenoxy) is 1. The number of methoxy groups -OCH3 is 1. The maximum Gasteiger partial charge on any atom is 0.290 e. The van der Waals surface area contributed by atoms with Gasteiger partial charge in [0.2, 0.25) is 5.76 Å². The largest absolute Gasteiger partial charge is 0.497 e. The number of benzene rings is 2. The lowest BCUT2D eigenvalue weighted by atomic mass is 9.97. The van der Waals surface area contributed by atoms with Crippen molar-refractivity contribution in [2.75, 3.05) is 33.3 Å². The Bertz CT molecular complexity index is 1200. The molecule has 1 atom stereocenters. The Balaban J connectivity index is 1.80. The molecule has 3 aromatic rings. The highest BCUT2D eigenvalue weighted by Crippen LogP contribution is 2.38. The summed E-state index contributed by atoms with van der Waals surface area (Å²) in [5.41, 5.74) is 2.72. The van der Waals surface area contributed by atoms with Crippen LogP contribution in [0.3, 0.4) is 0 Å². The van der Waals surface area contributed by atoms with Crippen LogP contribution in [0.2, 0.25) is 0 Å². The molecule has 2 aromatic carbocycles. The fourth-order valence-corrected chi connectivity index (χ4v) is 4.66. The van der Waals surface area contributed by atoms with E-state index in [0.29, 0.717) is 23.1 Å². The van der Waals surface area contributed by atoms with Crippen molar-refractivity contribution in [3.05, 3.63) is 75.1 Å². The maximum absolute atomic E-state index is 13.7. The molecule has 0 fully saturated rings. The number of hydrogen-bond donors (Lipinski definition) is 0. The molecule has 2 heterocycles. The molecular formula is C27H32N2O4. The van der Waals surface area contributed by atoms with E-state index in [0.717, 1.165) is 49.4 Å². The van der Waals surface area contributed by atoms with Gasteiger partial charge in [0.05, 0.1) is 24.1 Å². The third kappa shape index (κ3) is 4.27. The molecule has 1 aliphatic heterocycles. The second-order valence-corrected chi connectivity index (χ2v) is 8.41. The van der Waals surface area contributed by atoms with Gasteiger partial charge in [-0.2, -0.15) is 0 Å². The van der Waals surface area contributed by atoms with Gasteiger partial charge in [0.1, 0.15) is 11.3 Å². The van der Waals surface area contributed by atoms with E-state index in [2.05, 4.69) is 25.7 Å². The smallest absolute Gasteiger partial charge is 0.290 e. The van der Waals surface area contributed by atoms with Crippen molar-refractivity contribution in [1.29, 1.82) is 0 Å². The van der Waals surface area contributed by atoms with Gasteiger partial charge in [0.25, 0.3) is 5.91 Å². The molecule has 1 unspecified atom stereocenters. The molecule has 4 rings (SSSR count). The molecule has 6 heteroatoms.